The van der Waals surface area contributed by atoms with E-state index in [1.807, 2.05) is 0 Å². The largest absolute Gasteiger partial charge is 0.478 e. The highest BCUT2D eigenvalue weighted by Crippen LogP contribution is 2.22. The predicted octanol–water partition coefficient (Wildman–Crippen LogP) is 1.08. The molecule has 0 atom stereocenters. The number of hydrogen-bond acceptors (Lipinski definition) is 6. The van der Waals surface area contributed by atoms with Crippen molar-refractivity contribution in [3.05, 3.63) is 46.0 Å². The van der Waals surface area contributed by atoms with E-state index in [-0.39, 0.29) is 16.9 Å². The van der Waals surface area contributed by atoms with Gasteiger partial charge in [0.2, 0.25) is 0 Å². The number of aromatic carboxylic acids is 1. The minimum atomic E-state index is -1.15. The third-order valence-electron chi connectivity index (χ3n) is 2.91. The van der Waals surface area contributed by atoms with Gasteiger partial charge in [-0.2, -0.15) is 0 Å². The molecule has 0 unspecified atom stereocenters. The van der Waals surface area contributed by atoms with Crippen LogP contribution in [-0.4, -0.2) is 37.3 Å². The van der Waals surface area contributed by atoms with E-state index < -0.39 is 10.9 Å². The molecule has 9 nitrogen and oxygen atoms in total. The van der Waals surface area contributed by atoms with Crippen molar-refractivity contribution in [2.24, 2.45) is 7.05 Å². The standard InChI is InChI=1S/C12H13N5O4/c1-16-7-14-15-11(16)4-5-13-10-6-8(17(20)21)2-3-9(10)12(18)19/h2-3,6-7,13H,4-5H2,1H3,(H,18,19). The lowest BCUT2D eigenvalue weighted by Gasteiger charge is -2.09. The van der Waals surface area contributed by atoms with Gasteiger partial charge in [-0.3, -0.25) is 10.1 Å². The molecule has 9 heteroatoms. The molecular weight excluding hydrogens is 278 g/mol. The van der Waals surface area contributed by atoms with Gasteiger partial charge >= 0.3 is 5.97 Å². The number of rotatable bonds is 6. The number of aromatic nitrogens is 3. The minimum absolute atomic E-state index is 0.0152. The van der Waals surface area contributed by atoms with E-state index in [0.717, 1.165) is 11.9 Å². The van der Waals surface area contributed by atoms with E-state index in [0.29, 0.717) is 13.0 Å². The Labute approximate surface area is 119 Å². The summed E-state index contributed by atoms with van der Waals surface area (Å²) in [6, 6.07) is 3.59. The molecule has 0 fully saturated rings. The number of nitro benzene ring substituents is 1. The number of nitrogens with zero attached hydrogens (tertiary/aromatic N) is 4. The molecule has 2 N–H and O–H groups in total. The van der Waals surface area contributed by atoms with Gasteiger partial charge < -0.3 is 15.0 Å². The number of carboxylic acid groups (broad SMARTS) is 1. The Bertz CT molecular complexity index is 682. The second-order valence-corrected chi connectivity index (χ2v) is 4.33. The van der Waals surface area contributed by atoms with E-state index in [1.165, 1.54) is 12.1 Å². The monoisotopic (exact) mass is 291 g/mol. The van der Waals surface area contributed by atoms with Crippen LogP contribution in [0.1, 0.15) is 16.2 Å². The first-order valence-corrected chi connectivity index (χ1v) is 6.07. The third kappa shape index (κ3) is 3.32. The van der Waals surface area contributed by atoms with Gasteiger partial charge in [-0.15, -0.1) is 10.2 Å². The van der Waals surface area contributed by atoms with E-state index in [2.05, 4.69) is 15.5 Å². The maximum atomic E-state index is 11.1. The zero-order valence-corrected chi connectivity index (χ0v) is 11.2. The topological polar surface area (TPSA) is 123 Å². The van der Waals surface area contributed by atoms with Gasteiger partial charge in [0.25, 0.3) is 5.69 Å². The van der Waals surface area contributed by atoms with Crippen LogP contribution in [0.4, 0.5) is 11.4 Å². The van der Waals surface area contributed by atoms with Gasteiger partial charge in [0.1, 0.15) is 12.2 Å². The average molecular weight is 291 g/mol. The molecule has 0 bridgehead atoms. The average Bonchev–Trinajstić information content (AvgIpc) is 2.84. The molecule has 0 spiro atoms. The number of hydrogen-bond donors (Lipinski definition) is 2. The zero-order valence-electron chi connectivity index (χ0n) is 11.2. The van der Waals surface area contributed by atoms with E-state index in [1.54, 1.807) is 17.9 Å². The highest BCUT2D eigenvalue weighted by molar-refractivity contribution is 5.94. The number of non-ortho nitro benzene ring substituents is 1. The molecule has 110 valence electrons. The molecular formula is C12H13N5O4. The molecule has 0 aliphatic rings. The molecule has 1 aromatic heterocycles. The lowest BCUT2D eigenvalue weighted by Crippen LogP contribution is -2.12. The fraction of sp³-hybridized carbons (Fsp3) is 0.250. The first kappa shape index (κ1) is 14.4. The lowest BCUT2D eigenvalue weighted by atomic mass is 10.1. The summed E-state index contributed by atoms with van der Waals surface area (Å²) in [6.07, 6.45) is 2.07. The molecule has 0 aliphatic heterocycles. The fourth-order valence-electron chi connectivity index (χ4n) is 1.82. The van der Waals surface area contributed by atoms with Gasteiger partial charge in [0.05, 0.1) is 16.2 Å². The maximum absolute atomic E-state index is 11.1. The zero-order chi connectivity index (χ0) is 15.4. The van der Waals surface area contributed by atoms with Crippen molar-refractivity contribution in [3.8, 4) is 0 Å². The normalized spacial score (nSPS) is 10.3. The number of nitrogens with one attached hydrogen (secondary N) is 1. The van der Waals surface area contributed by atoms with Gasteiger partial charge in [-0.05, 0) is 6.07 Å². The number of nitro groups is 1. The molecule has 21 heavy (non-hydrogen) atoms. The van der Waals surface area contributed by atoms with Crippen molar-refractivity contribution in [1.29, 1.82) is 0 Å². The quantitative estimate of drug-likeness (QED) is 0.602. The van der Waals surface area contributed by atoms with Crippen LogP contribution in [0.5, 0.6) is 0 Å². The molecule has 1 heterocycles. The Hall–Kier alpha value is -2.97. The number of anilines is 1. The van der Waals surface area contributed by atoms with Gasteiger partial charge in [-0.25, -0.2) is 4.79 Å². The number of benzene rings is 1. The lowest BCUT2D eigenvalue weighted by molar-refractivity contribution is -0.384. The molecule has 0 saturated carbocycles. The SMILES string of the molecule is Cn1cnnc1CCNc1cc([N+](=O)[O-])ccc1C(=O)O. The van der Waals surface area contributed by atoms with E-state index in [4.69, 9.17) is 5.11 Å². The number of carboxylic acids is 1. The highest BCUT2D eigenvalue weighted by Gasteiger charge is 2.15. The Morgan fingerprint density at radius 3 is 2.86 bits per heavy atom. The molecule has 0 aliphatic carbocycles. The van der Waals surface area contributed by atoms with Gasteiger partial charge in [-0.1, -0.05) is 0 Å². The smallest absolute Gasteiger partial charge is 0.337 e. The Morgan fingerprint density at radius 1 is 1.52 bits per heavy atom. The summed E-state index contributed by atoms with van der Waals surface area (Å²) in [4.78, 5) is 21.3. The summed E-state index contributed by atoms with van der Waals surface area (Å²) in [6.45, 7) is 0.383. The van der Waals surface area contributed by atoms with Crippen LogP contribution in [0, 0.1) is 10.1 Å². The molecule has 0 radical (unpaired) electrons. The van der Waals surface area contributed by atoms with Gasteiger partial charge in [0.15, 0.2) is 0 Å². The van der Waals surface area contributed by atoms with Crippen molar-refractivity contribution in [1.82, 2.24) is 14.8 Å². The van der Waals surface area contributed by atoms with Crippen LogP contribution < -0.4 is 5.32 Å². The van der Waals surface area contributed by atoms with Crippen molar-refractivity contribution in [2.45, 2.75) is 6.42 Å². The Kier molecular flexibility index (Phi) is 4.12. The van der Waals surface area contributed by atoms with Crippen LogP contribution in [0.25, 0.3) is 0 Å². The molecule has 2 rings (SSSR count). The summed E-state index contributed by atoms with van der Waals surface area (Å²) < 4.78 is 1.74. The van der Waals surface area contributed by atoms with Crippen LogP contribution >= 0.6 is 0 Å². The fourth-order valence-corrected chi connectivity index (χ4v) is 1.82. The van der Waals surface area contributed by atoms with Gasteiger partial charge in [0, 0.05) is 32.1 Å². The highest BCUT2D eigenvalue weighted by atomic mass is 16.6. The van der Waals surface area contributed by atoms with Crippen LogP contribution in [0.2, 0.25) is 0 Å². The summed E-state index contributed by atoms with van der Waals surface area (Å²) in [5.41, 5.74) is 0.0265. The summed E-state index contributed by atoms with van der Waals surface area (Å²) in [7, 11) is 1.80. The van der Waals surface area contributed by atoms with Crippen molar-refractivity contribution < 1.29 is 14.8 Å². The number of aryl methyl sites for hydroxylation is 1. The summed E-state index contributed by atoms with van der Waals surface area (Å²) in [5, 5.41) is 30.4. The third-order valence-corrected chi connectivity index (χ3v) is 2.91. The van der Waals surface area contributed by atoms with E-state index >= 15 is 0 Å². The predicted molar refractivity (Wildman–Crippen MR) is 73.3 cm³/mol. The molecule has 0 amide bonds. The Morgan fingerprint density at radius 2 is 2.29 bits per heavy atom. The number of carbonyl (C=O) groups is 1. The molecule has 2 aromatic rings. The van der Waals surface area contributed by atoms with Crippen molar-refractivity contribution in [2.75, 3.05) is 11.9 Å². The maximum Gasteiger partial charge on any atom is 0.337 e. The minimum Gasteiger partial charge on any atom is -0.478 e. The Balaban J connectivity index is 2.13. The van der Waals surface area contributed by atoms with Crippen LogP contribution in [-0.2, 0) is 13.5 Å². The van der Waals surface area contributed by atoms with E-state index in [9.17, 15) is 14.9 Å². The van der Waals surface area contributed by atoms with Crippen molar-refractivity contribution in [3.63, 3.8) is 0 Å². The summed E-state index contributed by atoms with van der Waals surface area (Å²) in [5.74, 6) is -0.420. The van der Waals surface area contributed by atoms with Crippen LogP contribution in [0.15, 0.2) is 24.5 Å². The first-order chi connectivity index (χ1) is 9.99. The van der Waals surface area contributed by atoms with Crippen molar-refractivity contribution >= 4 is 17.3 Å². The molecule has 0 saturated heterocycles. The first-order valence-electron chi connectivity index (χ1n) is 6.07. The second kappa shape index (κ2) is 5.99. The van der Waals surface area contributed by atoms with Crippen LogP contribution in [0.3, 0.4) is 0 Å². The summed E-state index contributed by atoms with van der Waals surface area (Å²) >= 11 is 0. The second-order valence-electron chi connectivity index (χ2n) is 4.33. The molecule has 1 aromatic carbocycles.